The van der Waals surface area contributed by atoms with Crippen molar-refractivity contribution < 1.29 is 19.0 Å². The van der Waals surface area contributed by atoms with E-state index in [1.807, 2.05) is 18.2 Å². The first-order valence-electron chi connectivity index (χ1n) is 15.3. The number of ether oxygens (including phenoxy) is 3. The third-order valence-corrected chi connectivity index (χ3v) is 7.20. The molecule has 2 atom stereocenters. The molecule has 1 amide bonds. The van der Waals surface area contributed by atoms with Gasteiger partial charge in [0.2, 0.25) is 0 Å². The van der Waals surface area contributed by atoms with E-state index in [1.54, 1.807) is 6.20 Å². The van der Waals surface area contributed by atoms with E-state index in [-0.39, 0.29) is 12.7 Å². The largest absolute Gasteiger partial charge is 0.447 e. The first-order valence-corrected chi connectivity index (χ1v) is 15.3. The standard InChI is InChI=1S/C31H54N2O4/c1-2-3-4-5-6-7-8-9-10-11-12-13-14-15-16-19-22-35-25-28-23-30(36-26-28)27-37-31(34)33-24-29-20-17-18-21-32-29/h17-18,20-21,28,30H,2-16,19,22-27H2,1H3,(H,33,34)/t28-,30-/m1/s1. The number of nitrogens with zero attached hydrogens (tertiary/aromatic N) is 1. The SMILES string of the molecule is CCCCCCCCCCCCCCCCCCOC[C@@H]1CO[C@@H](COC(=O)NCc2ccccn2)C1. The van der Waals surface area contributed by atoms with Crippen molar-refractivity contribution in [3.05, 3.63) is 30.1 Å². The van der Waals surface area contributed by atoms with Gasteiger partial charge in [-0.15, -0.1) is 0 Å². The van der Waals surface area contributed by atoms with Gasteiger partial charge in [0.15, 0.2) is 0 Å². The summed E-state index contributed by atoms with van der Waals surface area (Å²) in [6, 6.07) is 5.61. The summed E-state index contributed by atoms with van der Waals surface area (Å²) in [7, 11) is 0. The zero-order chi connectivity index (χ0) is 26.2. The first kappa shape index (κ1) is 31.6. The van der Waals surface area contributed by atoms with Gasteiger partial charge >= 0.3 is 6.09 Å². The average molecular weight is 519 g/mol. The van der Waals surface area contributed by atoms with Crippen molar-refractivity contribution in [2.45, 2.75) is 129 Å². The van der Waals surface area contributed by atoms with Crippen molar-refractivity contribution in [3.63, 3.8) is 0 Å². The Morgan fingerprint density at radius 2 is 1.51 bits per heavy atom. The highest BCUT2D eigenvalue weighted by atomic mass is 16.6. The van der Waals surface area contributed by atoms with Gasteiger partial charge in [0.1, 0.15) is 6.61 Å². The Hall–Kier alpha value is -1.66. The Labute approximate surface area is 226 Å². The lowest BCUT2D eigenvalue weighted by atomic mass is 10.0. The second-order valence-electron chi connectivity index (χ2n) is 10.7. The maximum atomic E-state index is 11.9. The maximum Gasteiger partial charge on any atom is 0.407 e. The number of aromatic nitrogens is 1. The third kappa shape index (κ3) is 17.5. The van der Waals surface area contributed by atoms with Gasteiger partial charge in [-0.1, -0.05) is 109 Å². The molecule has 0 bridgehead atoms. The summed E-state index contributed by atoms with van der Waals surface area (Å²) in [5, 5.41) is 2.72. The van der Waals surface area contributed by atoms with Gasteiger partial charge in [0.25, 0.3) is 0 Å². The minimum atomic E-state index is -0.433. The molecular weight excluding hydrogens is 464 g/mol. The molecular formula is C31H54N2O4. The molecule has 1 aromatic heterocycles. The summed E-state index contributed by atoms with van der Waals surface area (Å²) in [5.41, 5.74) is 0.804. The highest BCUT2D eigenvalue weighted by Crippen LogP contribution is 2.20. The normalized spacial score (nSPS) is 17.2. The minimum absolute atomic E-state index is 0.0373. The zero-order valence-electron chi connectivity index (χ0n) is 23.6. The van der Waals surface area contributed by atoms with Crippen LogP contribution in [0.2, 0.25) is 0 Å². The maximum absolute atomic E-state index is 11.9. The van der Waals surface area contributed by atoms with Crippen molar-refractivity contribution in [2.75, 3.05) is 26.4 Å². The molecule has 37 heavy (non-hydrogen) atoms. The fraction of sp³-hybridized carbons (Fsp3) is 0.806. The molecule has 1 aromatic rings. The number of hydrogen-bond donors (Lipinski definition) is 1. The second-order valence-corrected chi connectivity index (χ2v) is 10.7. The summed E-state index contributed by atoms with van der Waals surface area (Å²) in [4.78, 5) is 16.0. The third-order valence-electron chi connectivity index (χ3n) is 7.20. The Morgan fingerprint density at radius 3 is 2.11 bits per heavy atom. The molecule has 6 heteroatoms. The monoisotopic (exact) mass is 518 g/mol. The highest BCUT2D eigenvalue weighted by molar-refractivity contribution is 5.67. The lowest BCUT2D eigenvalue weighted by Crippen LogP contribution is -2.27. The van der Waals surface area contributed by atoms with Crippen LogP contribution in [0.5, 0.6) is 0 Å². The number of hydrogen-bond acceptors (Lipinski definition) is 5. The lowest BCUT2D eigenvalue weighted by molar-refractivity contribution is 0.0391. The van der Waals surface area contributed by atoms with Gasteiger partial charge < -0.3 is 19.5 Å². The van der Waals surface area contributed by atoms with E-state index in [0.717, 1.165) is 31.7 Å². The number of carbonyl (C=O) groups excluding carboxylic acids is 1. The van der Waals surface area contributed by atoms with Crippen LogP contribution in [-0.2, 0) is 20.8 Å². The van der Waals surface area contributed by atoms with Crippen molar-refractivity contribution in [1.82, 2.24) is 10.3 Å². The minimum Gasteiger partial charge on any atom is -0.447 e. The van der Waals surface area contributed by atoms with Crippen molar-refractivity contribution >= 4 is 6.09 Å². The summed E-state index contributed by atoms with van der Waals surface area (Å²) in [5.74, 6) is 0.395. The van der Waals surface area contributed by atoms with Gasteiger partial charge in [-0.05, 0) is 25.0 Å². The molecule has 1 aliphatic rings. The molecule has 0 aromatic carbocycles. The van der Waals surface area contributed by atoms with Crippen LogP contribution in [0.1, 0.15) is 122 Å². The summed E-state index contributed by atoms with van der Waals surface area (Å²) in [6.07, 6.45) is 24.3. The predicted octanol–water partition coefficient (Wildman–Crippen LogP) is 7.99. The van der Waals surface area contributed by atoms with Gasteiger partial charge in [-0.25, -0.2) is 4.79 Å². The van der Waals surface area contributed by atoms with E-state index < -0.39 is 6.09 Å². The predicted molar refractivity (Wildman–Crippen MR) is 151 cm³/mol. The number of pyridine rings is 1. The molecule has 0 radical (unpaired) electrons. The quantitative estimate of drug-likeness (QED) is 0.149. The molecule has 6 nitrogen and oxygen atoms in total. The van der Waals surface area contributed by atoms with Gasteiger partial charge in [-0.2, -0.15) is 0 Å². The van der Waals surface area contributed by atoms with E-state index in [4.69, 9.17) is 14.2 Å². The average Bonchev–Trinajstić information content (AvgIpc) is 3.38. The molecule has 2 heterocycles. The van der Waals surface area contributed by atoms with Crippen LogP contribution in [0.25, 0.3) is 0 Å². The molecule has 0 saturated carbocycles. The zero-order valence-corrected chi connectivity index (χ0v) is 23.6. The fourth-order valence-electron chi connectivity index (χ4n) is 4.90. The Balaban J connectivity index is 1.29. The molecule has 1 fully saturated rings. The molecule has 1 N–H and O–H groups in total. The van der Waals surface area contributed by atoms with Gasteiger partial charge in [0.05, 0.1) is 31.6 Å². The molecule has 2 rings (SSSR count). The van der Waals surface area contributed by atoms with Crippen LogP contribution in [0, 0.1) is 5.92 Å². The Bertz CT molecular complexity index is 658. The van der Waals surface area contributed by atoms with Crippen molar-refractivity contribution in [2.24, 2.45) is 5.92 Å². The van der Waals surface area contributed by atoms with Crippen LogP contribution >= 0.6 is 0 Å². The number of amides is 1. The second kappa shape index (κ2) is 22.3. The van der Waals surface area contributed by atoms with Crippen LogP contribution in [0.3, 0.4) is 0 Å². The van der Waals surface area contributed by atoms with Crippen LogP contribution in [0.4, 0.5) is 4.79 Å². The van der Waals surface area contributed by atoms with Crippen LogP contribution in [0.15, 0.2) is 24.4 Å². The number of unbranched alkanes of at least 4 members (excludes halogenated alkanes) is 15. The van der Waals surface area contributed by atoms with E-state index in [1.165, 1.54) is 96.3 Å². The molecule has 1 aliphatic heterocycles. The molecule has 0 aliphatic carbocycles. The summed E-state index contributed by atoms with van der Waals surface area (Å²) in [6.45, 7) is 5.19. The first-order chi connectivity index (χ1) is 18.3. The number of alkyl carbamates (subject to hydrolysis) is 1. The Morgan fingerprint density at radius 1 is 0.892 bits per heavy atom. The number of rotatable bonds is 23. The van der Waals surface area contributed by atoms with Crippen molar-refractivity contribution in [3.8, 4) is 0 Å². The van der Waals surface area contributed by atoms with E-state index in [0.29, 0.717) is 19.1 Å². The Kier molecular flexibility index (Phi) is 19.0. The van der Waals surface area contributed by atoms with Crippen molar-refractivity contribution in [1.29, 1.82) is 0 Å². The number of nitrogens with one attached hydrogen (secondary N) is 1. The molecule has 0 spiro atoms. The molecule has 1 saturated heterocycles. The summed E-state index contributed by atoms with van der Waals surface area (Å²) < 4.78 is 17.0. The van der Waals surface area contributed by atoms with E-state index >= 15 is 0 Å². The van der Waals surface area contributed by atoms with Crippen LogP contribution < -0.4 is 5.32 Å². The summed E-state index contributed by atoms with van der Waals surface area (Å²) >= 11 is 0. The molecule has 0 unspecified atom stereocenters. The lowest BCUT2D eigenvalue weighted by Gasteiger charge is -2.11. The van der Waals surface area contributed by atoms with Gasteiger partial charge in [0, 0.05) is 18.7 Å². The van der Waals surface area contributed by atoms with E-state index in [2.05, 4.69) is 17.2 Å². The van der Waals surface area contributed by atoms with Gasteiger partial charge in [-0.3, -0.25) is 4.98 Å². The van der Waals surface area contributed by atoms with Crippen LogP contribution in [-0.4, -0.2) is 43.6 Å². The van der Waals surface area contributed by atoms with E-state index in [9.17, 15) is 4.79 Å². The molecule has 212 valence electrons. The topological polar surface area (TPSA) is 69.7 Å². The fourth-order valence-corrected chi connectivity index (χ4v) is 4.90. The number of carbonyl (C=O) groups is 1. The smallest absolute Gasteiger partial charge is 0.407 e. The highest BCUT2D eigenvalue weighted by Gasteiger charge is 2.26.